The summed E-state index contributed by atoms with van der Waals surface area (Å²) in [7, 11) is 1.97. The lowest BCUT2D eigenvalue weighted by Gasteiger charge is -2.08. The molecular weight excluding hydrogens is 226 g/mol. The molecule has 1 aliphatic heterocycles. The number of benzene rings is 1. The second-order valence-electron chi connectivity index (χ2n) is 4.87. The Morgan fingerprint density at radius 1 is 1.50 bits per heavy atom. The van der Waals surface area contributed by atoms with Gasteiger partial charge in [-0.05, 0) is 31.5 Å². The highest BCUT2D eigenvalue weighted by atomic mass is 16.1. The number of rotatable bonds is 3. The predicted molar refractivity (Wildman–Crippen MR) is 70.4 cm³/mol. The maximum atomic E-state index is 12.1. The molecule has 1 N–H and O–H groups in total. The first-order valence-corrected chi connectivity index (χ1v) is 6.42. The monoisotopic (exact) mass is 243 g/mol. The Hall–Kier alpha value is -1.68. The molecular formula is C14H17N3O. The molecule has 1 aromatic carbocycles. The molecule has 1 unspecified atom stereocenters. The second-order valence-corrected chi connectivity index (χ2v) is 4.87. The van der Waals surface area contributed by atoms with Crippen LogP contribution in [0.3, 0.4) is 0 Å². The van der Waals surface area contributed by atoms with Gasteiger partial charge in [0.2, 0.25) is 0 Å². The van der Waals surface area contributed by atoms with Crippen molar-refractivity contribution in [3.8, 4) is 0 Å². The minimum atomic E-state index is 0.0322. The van der Waals surface area contributed by atoms with Crippen molar-refractivity contribution in [2.75, 3.05) is 6.54 Å². The van der Waals surface area contributed by atoms with E-state index in [2.05, 4.69) is 10.3 Å². The molecule has 0 amide bonds. The molecule has 4 nitrogen and oxygen atoms in total. The van der Waals surface area contributed by atoms with Gasteiger partial charge in [0.25, 0.3) is 0 Å². The summed E-state index contributed by atoms with van der Waals surface area (Å²) in [6.45, 7) is 0.957. The number of aryl methyl sites for hydroxylation is 1. The van der Waals surface area contributed by atoms with Crippen LogP contribution in [-0.2, 0) is 18.3 Å². The van der Waals surface area contributed by atoms with Crippen molar-refractivity contribution in [3.63, 3.8) is 0 Å². The zero-order chi connectivity index (χ0) is 12.5. The van der Waals surface area contributed by atoms with Gasteiger partial charge in [-0.1, -0.05) is 12.1 Å². The normalized spacial score (nSPS) is 19.5. The van der Waals surface area contributed by atoms with Gasteiger partial charge in [-0.15, -0.1) is 0 Å². The predicted octanol–water partition coefficient (Wildman–Crippen LogP) is 1.44. The van der Waals surface area contributed by atoms with Gasteiger partial charge < -0.3 is 9.88 Å². The fraction of sp³-hybridized carbons (Fsp3) is 0.429. The molecule has 0 bridgehead atoms. The maximum Gasteiger partial charge on any atom is 0.157 e. The number of Topliss-reactive ketones (excluding diaryl/α,β-unsaturated/α-hetero) is 1. The molecule has 0 spiro atoms. The van der Waals surface area contributed by atoms with Crippen molar-refractivity contribution >= 4 is 16.8 Å². The largest absolute Gasteiger partial charge is 0.331 e. The summed E-state index contributed by atoms with van der Waals surface area (Å²) in [6.07, 6.45) is 2.48. The van der Waals surface area contributed by atoms with Gasteiger partial charge in [-0.2, -0.15) is 0 Å². The molecule has 1 aliphatic rings. The zero-order valence-corrected chi connectivity index (χ0v) is 10.5. The van der Waals surface area contributed by atoms with Gasteiger partial charge >= 0.3 is 0 Å². The van der Waals surface area contributed by atoms with Gasteiger partial charge in [0, 0.05) is 7.05 Å². The highest BCUT2D eigenvalue weighted by molar-refractivity contribution is 5.87. The van der Waals surface area contributed by atoms with Crippen LogP contribution in [0.25, 0.3) is 11.0 Å². The van der Waals surface area contributed by atoms with Crippen molar-refractivity contribution in [2.45, 2.75) is 25.3 Å². The number of hydrogen-bond donors (Lipinski definition) is 1. The van der Waals surface area contributed by atoms with Gasteiger partial charge in [0.15, 0.2) is 5.78 Å². The molecule has 0 aliphatic carbocycles. The third kappa shape index (κ3) is 1.93. The number of nitrogens with one attached hydrogen (secondary N) is 1. The third-order valence-electron chi connectivity index (χ3n) is 3.66. The Morgan fingerprint density at radius 2 is 2.33 bits per heavy atom. The second kappa shape index (κ2) is 4.53. The molecule has 2 aromatic rings. The zero-order valence-electron chi connectivity index (χ0n) is 10.5. The fourth-order valence-corrected chi connectivity index (χ4v) is 2.59. The SMILES string of the molecule is Cn1c(CC(=O)C2CCCN2)nc2ccccc21. The van der Waals surface area contributed by atoms with E-state index in [0.29, 0.717) is 6.42 Å². The summed E-state index contributed by atoms with van der Waals surface area (Å²) in [5.74, 6) is 1.11. The van der Waals surface area contributed by atoms with Gasteiger partial charge in [-0.3, -0.25) is 4.79 Å². The fourth-order valence-electron chi connectivity index (χ4n) is 2.59. The number of aromatic nitrogens is 2. The van der Waals surface area contributed by atoms with Crippen molar-refractivity contribution < 1.29 is 4.79 Å². The highest BCUT2D eigenvalue weighted by Crippen LogP contribution is 2.16. The smallest absolute Gasteiger partial charge is 0.157 e. The lowest BCUT2D eigenvalue weighted by Crippen LogP contribution is -2.32. The van der Waals surface area contributed by atoms with Crippen LogP contribution in [0, 0.1) is 0 Å². The number of ketones is 1. The average Bonchev–Trinajstić information content (AvgIpc) is 3.00. The lowest BCUT2D eigenvalue weighted by atomic mass is 10.1. The quantitative estimate of drug-likeness (QED) is 0.887. The molecule has 1 saturated heterocycles. The van der Waals surface area contributed by atoms with E-state index in [1.54, 1.807) is 0 Å². The van der Waals surface area contributed by atoms with E-state index < -0.39 is 0 Å². The number of carbonyl (C=O) groups is 1. The molecule has 1 atom stereocenters. The molecule has 18 heavy (non-hydrogen) atoms. The standard InChI is InChI=1S/C14H17N3O/c1-17-12-7-3-2-5-10(12)16-14(17)9-13(18)11-6-4-8-15-11/h2-3,5,7,11,15H,4,6,8-9H2,1H3. The highest BCUT2D eigenvalue weighted by Gasteiger charge is 2.23. The van der Waals surface area contributed by atoms with Crippen LogP contribution < -0.4 is 5.32 Å². The maximum absolute atomic E-state index is 12.1. The van der Waals surface area contributed by atoms with Crippen LogP contribution in [0.2, 0.25) is 0 Å². The van der Waals surface area contributed by atoms with Crippen molar-refractivity contribution in [2.24, 2.45) is 7.05 Å². The summed E-state index contributed by atoms with van der Waals surface area (Å²) in [4.78, 5) is 16.7. The van der Waals surface area contributed by atoms with Gasteiger partial charge in [0.1, 0.15) is 5.82 Å². The Bertz CT molecular complexity index is 582. The number of nitrogens with zero attached hydrogens (tertiary/aromatic N) is 2. The van der Waals surface area contributed by atoms with Crippen LogP contribution in [0.5, 0.6) is 0 Å². The first-order valence-electron chi connectivity index (χ1n) is 6.42. The van der Waals surface area contributed by atoms with Crippen LogP contribution >= 0.6 is 0 Å². The van der Waals surface area contributed by atoms with Crippen molar-refractivity contribution in [1.82, 2.24) is 14.9 Å². The Morgan fingerprint density at radius 3 is 3.06 bits per heavy atom. The van der Waals surface area contributed by atoms with E-state index in [9.17, 15) is 4.79 Å². The Kier molecular flexibility index (Phi) is 2.88. The number of hydrogen-bond acceptors (Lipinski definition) is 3. The van der Waals surface area contributed by atoms with Crippen molar-refractivity contribution in [1.29, 1.82) is 0 Å². The van der Waals surface area contributed by atoms with E-state index in [1.165, 1.54) is 0 Å². The van der Waals surface area contributed by atoms with Gasteiger partial charge in [0.05, 0.1) is 23.5 Å². The molecule has 3 rings (SSSR count). The van der Waals surface area contributed by atoms with E-state index in [1.807, 2.05) is 35.9 Å². The summed E-state index contributed by atoms with van der Waals surface area (Å²) in [6, 6.07) is 8.01. The average molecular weight is 243 g/mol. The van der Waals surface area contributed by atoms with Gasteiger partial charge in [-0.25, -0.2) is 4.98 Å². The minimum absolute atomic E-state index is 0.0322. The van der Waals surface area contributed by atoms with E-state index in [-0.39, 0.29) is 11.8 Å². The summed E-state index contributed by atoms with van der Waals surface area (Å²) in [5.41, 5.74) is 2.04. The van der Waals surface area contributed by atoms with Crippen LogP contribution in [0.4, 0.5) is 0 Å². The minimum Gasteiger partial charge on any atom is -0.331 e. The summed E-state index contributed by atoms with van der Waals surface area (Å²) < 4.78 is 2.02. The summed E-state index contributed by atoms with van der Waals surface area (Å²) in [5, 5.41) is 3.24. The van der Waals surface area contributed by atoms with Crippen LogP contribution in [0.1, 0.15) is 18.7 Å². The molecule has 1 aromatic heterocycles. The first kappa shape index (κ1) is 11.4. The molecule has 1 fully saturated rings. The molecule has 94 valence electrons. The van der Waals surface area contributed by atoms with E-state index in [4.69, 9.17) is 0 Å². The number of carbonyl (C=O) groups excluding carboxylic acids is 1. The molecule has 0 saturated carbocycles. The summed E-state index contributed by atoms with van der Waals surface area (Å²) >= 11 is 0. The van der Waals surface area contributed by atoms with E-state index in [0.717, 1.165) is 36.2 Å². The molecule has 0 radical (unpaired) electrons. The third-order valence-corrected chi connectivity index (χ3v) is 3.66. The lowest BCUT2D eigenvalue weighted by molar-refractivity contribution is -0.120. The van der Waals surface area contributed by atoms with E-state index >= 15 is 0 Å². The number of imidazole rings is 1. The van der Waals surface area contributed by atoms with Crippen LogP contribution in [-0.4, -0.2) is 27.9 Å². The molecule has 2 heterocycles. The first-order chi connectivity index (χ1) is 8.75. The topological polar surface area (TPSA) is 46.9 Å². The number of para-hydroxylation sites is 2. The Labute approximate surface area is 106 Å². The number of fused-ring (bicyclic) bond motifs is 1. The molecule has 4 heteroatoms. The Balaban J connectivity index is 1.86. The van der Waals surface area contributed by atoms with Crippen molar-refractivity contribution in [3.05, 3.63) is 30.1 Å². The van der Waals surface area contributed by atoms with Crippen LogP contribution in [0.15, 0.2) is 24.3 Å².